The molecule has 5 heteroatoms. The Morgan fingerprint density at radius 2 is 1.71 bits per heavy atom. The van der Waals surface area contributed by atoms with Crippen molar-refractivity contribution in [1.29, 1.82) is 0 Å². The minimum atomic E-state index is 0.656. The van der Waals surface area contributed by atoms with Crippen LogP contribution in [0.1, 0.15) is 48.4 Å². The largest absolute Gasteiger partial charge is 0.385 e. The number of piperidine rings is 2. The number of nitrogens with one attached hydrogen (secondary N) is 2. The summed E-state index contributed by atoms with van der Waals surface area (Å²) in [6, 6.07) is 8.98. The van der Waals surface area contributed by atoms with Crippen LogP contribution in [0.5, 0.6) is 0 Å². The van der Waals surface area contributed by atoms with E-state index in [-0.39, 0.29) is 0 Å². The monoisotopic (exact) mass is 396 g/mol. The van der Waals surface area contributed by atoms with Gasteiger partial charge in [0, 0.05) is 34.2 Å². The SMILES string of the molecule is Clc1ccc(-n2cc(C3CCN(C4CCNCC4)CC3)c3c2CNC=C3)cc1. The number of nitrogens with zero attached hydrogens (tertiary/aromatic N) is 2. The van der Waals surface area contributed by atoms with Crippen molar-refractivity contribution in [2.75, 3.05) is 26.2 Å². The lowest BCUT2D eigenvalue weighted by molar-refractivity contribution is 0.127. The van der Waals surface area contributed by atoms with E-state index in [1.54, 1.807) is 0 Å². The zero-order valence-electron chi connectivity index (χ0n) is 16.3. The smallest absolute Gasteiger partial charge is 0.0557 e. The fraction of sp³-hybridized carbons (Fsp3) is 0.478. The Bertz CT molecular complexity index is 840. The molecule has 0 aliphatic carbocycles. The quantitative estimate of drug-likeness (QED) is 0.817. The van der Waals surface area contributed by atoms with Crippen LogP contribution in [0, 0.1) is 0 Å². The van der Waals surface area contributed by atoms with Gasteiger partial charge in [-0.1, -0.05) is 11.6 Å². The minimum absolute atomic E-state index is 0.656. The number of halogens is 1. The number of fused-ring (bicyclic) bond motifs is 1. The third-order valence-electron chi connectivity index (χ3n) is 6.72. The normalized spacial score (nSPS) is 21.5. The zero-order chi connectivity index (χ0) is 18.9. The summed E-state index contributed by atoms with van der Waals surface area (Å²) in [6.45, 7) is 5.71. The van der Waals surface area contributed by atoms with Crippen LogP contribution in [-0.2, 0) is 6.54 Å². The first kappa shape index (κ1) is 18.3. The fourth-order valence-corrected chi connectivity index (χ4v) is 5.28. The second kappa shape index (κ2) is 7.94. The van der Waals surface area contributed by atoms with Gasteiger partial charge in [0.1, 0.15) is 0 Å². The van der Waals surface area contributed by atoms with E-state index in [4.69, 9.17) is 11.6 Å². The molecule has 0 atom stereocenters. The van der Waals surface area contributed by atoms with E-state index in [9.17, 15) is 0 Å². The highest BCUT2D eigenvalue weighted by Crippen LogP contribution is 2.37. The highest BCUT2D eigenvalue weighted by atomic mass is 35.5. The average molecular weight is 397 g/mol. The molecule has 0 unspecified atom stereocenters. The lowest BCUT2D eigenvalue weighted by Gasteiger charge is -2.39. The van der Waals surface area contributed by atoms with Gasteiger partial charge < -0.3 is 20.1 Å². The molecular weight excluding hydrogens is 368 g/mol. The number of benzene rings is 1. The van der Waals surface area contributed by atoms with E-state index >= 15 is 0 Å². The molecule has 2 N–H and O–H groups in total. The summed E-state index contributed by atoms with van der Waals surface area (Å²) in [5, 5.41) is 7.67. The van der Waals surface area contributed by atoms with Gasteiger partial charge in [0.05, 0.1) is 6.54 Å². The molecule has 2 saturated heterocycles. The Kier molecular flexibility index (Phi) is 5.19. The van der Waals surface area contributed by atoms with E-state index in [1.165, 1.54) is 74.4 Å². The van der Waals surface area contributed by atoms with Crippen molar-refractivity contribution in [3.05, 3.63) is 58.5 Å². The molecule has 2 aromatic rings. The maximum Gasteiger partial charge on any atom is 0.0557 e. The van der Waals surface area contributed by atoms with E-state index in [0.29, 0.717) is 5.92 Å². The third kappa shape index (κ3) is 3.49. The van der Waals surface area contributed by atoms with E-state index < -0.39 is 0 Å². The van der Waals surface area contributed by atoms with Crippen molar-refractivity contribution in [3.8, 4) is 5.69 Å². The summed E-state index contributed by atoms with van der Waals surface area (Å²) < 4.78 is 2.36. The van der Waals surface area contributed by atoms with Crippen LogP contribution in [0.25, 0.3) is 11.8 Å². The first-order valence-electron chi connectivity index (χ1n) is 10.6. The standard InChI is InChI=1S/C23H29ClN4/c24-18-1-3-20(4-2-18)28-16-22(21-7-12-26-15-23(21)28)17-8-13-27(14-9-17)19-5-10-25-11-6-19/h1-4,7,12,16-17,19,25-26H,5-6,8-11,13-15H2. The Morgan fingerprint density at radius 1 is 0.964 bits per heavy atom. The summed E-state index contributed by atoms with van der Waals surface area (Å²) in [7, 11) is 0. The van der Waals surface area contributed by atoms with Crippen molar-refractivity contribution >= 4 is 17.7 Å². The first-order chi connectivity index (χ1) is 13.8. The summed E-state index contributed by atoms with van der Waals surface area (Å²) in [5.41, 5.74) is 5.50. The van der Waals surface area contributed by atoms with Gasteiger partial charge in [-0.15, -0.1) is 0 Å². The summed E-state index contributed by atoms with van der Waals surface area (Å²) in [6.07, 6.45) is 11.9. The molecule has 3 aliphatic rings. The molecule has 0 amide bonds. The summed E-state index contributed by atoms with van der Waals surface area (Å²) in [4.78, 5) is 2.75. The molecule has 3 aliphatic heterocycles. The van der Waals surface area contributed by atoms with Gasteiger partial charge in [0.25, 0.3) is 0 Å². The van der Waals surface area contributed by atoms with Crippen LogP contribution in [0.4, 0.5) is 0 Å². The van der Waals surface area contributed by atoms with Gasteiger partial charge in [-0.2, -0.15) is 0 Å². The maximum absolute atomic E-state index is 6.11. The van der Waals surface area contributed by atoms with Crippen molar-refractivity contribution in [1.82, 2.24) is 20.1 Å². The Balaban J connectivity index is 1.38. The predicted molar refractivity (Wildman–Crippen MR) is 116 cm³/mol. The lowest BCUT2D eigenvalue weighted by Crippen LogP contribution is -2.46. The third-order valence-corrected chi connectivity index (χ3v) is 6.97. The van der Waals surface area contributed by atoms with Crippen molar-refractivity contribution < 1.29 is 0 Å². The predicted octanol–water partition coefficient (Wildman–Crippen LogP) is 4.14. The Hall–Kier alpha value is -1.75. The molecule has 148 valence electrons. The summed E-state index contributed by atoms with van der Waals surface area (Å²) >= 11 is 6.11. The van der Waals surface area contributed by atoms with Gasteiger partial charge in [-0.05, 0) is 99.9 Å². The van der Waals surface area contributed by atoms with Crippen LogP contribution in [0.3, 0.4) is 0 Å². The molecule has 0 bridgehead atoms. The second-order valence-electron chi connectivity index (χ2n) is 8.30. The zero-order valence-corrected chi connectivity index (χ0v) is 17.1. The lowest BCUT2D eigenvalue weighted by atomic mass is 9.86. The highest BCUT2D eigenvalue weighted by molar-refractivity contribution is 6.30. The number of likely N-dealkylation sites (tertiary alicyclic amines) is 1. The molecular formula is C23H29ClN4. The van der Waals surface area contributed by atoms with Crippen LogP contribution >= 0.6 is 11.6 Å². The number of hydrogen-bond acceptors (Lipinski definition) is 3. The van der Waals surface area contributed by atoms with Crippen LogP contribution in [0.15, 0.2) is 36.7 Å². The second-order valence-corrected chi connectivity index (χ2v) is 8.73. The van der Waals surface area contributed by atoms with E-state index in [2.05, 4.69) is 50.7 Å². The molecule has 4 heterocycles. The molecule has 1 aromatic heterocycles. The molecule has 0 radical (unpaired) electrons. The van der Waals surface area contributed by atoms with E-state index in [0.717, 1.165) is 17.6 Å². The fourth-order valence-electron chi connectivity index (χ4n) is 5.16. The van der Waals surface area contributed by atoms with Crippen LogP contribution < -0.4 is 10.6 Å². The molecule has 5 rings (SSSR count). The highest BCUT2D eigenvalue weighted by Gasteiger charge is 2.29. The molecule has 0 saturated carbocycles. The van der Waals surface area contributed by atoms with E-state index in [1.807, 2.05) is 12.1 Å². The minimum Gasteiger partial charge on any atom is -0.385 e. The first-order valence-corrected chi connectivity index (χ1v) is 11.0. The van der Waals surface area contributed by atoms with Gasteiger partial charge in [0.15, 0.2) is 0 Å². The van der Waals surface area contributed by atoms with Crippen molar-refractivity contribution in [2.24, 2.45) is 0 Å². The van der Waals surface area contributed by atoms with Gasteiger partial charge >= 0.3 is 0 Å². The van der Waals surface area contributed by atoms with Crippen molar-refractivity contribution in [2.45, 2.75) is 44.2 Å². The Morgan fingerprint density at radius 3 is 2.46 bits per heavy atom. The van der Waals surface area contributed by atoms with Gasteiger partial charge in [-0.25, -0.2) is 0 Å². The average Bonchev–Trinajstić information content (AvgIpc) is 3.15. The maximum atomic E-state index is 6.11. The summed E-state index contributed by atoms with van der Waals surface area (Å²) in [5.74, 6) is 0.656. The molecule has 2 fully saturated rings. The number of aromatic nitrogens is 1. The van der Waals surface area contributed by atoms with Crippen LogP contribution in [0.2, 0.25) is 5.02 Å². The number of rotatable bonds is 3. The number of hydrogen-bond donors (Lipinski definition) is 2. The van der Waals surface area contributed by atoms with Crippen molar-refractivity contribution in [3.63, 3.8) is 0 Å². The molecule has 4 nitrogen and oxygen atoms in total. The molecule has 0 spiro atoms. The molecule has 28 heavy (non-hydrogen) atoms. The van der Waals surface area contributed by atoms with Gasteiger partial charge in [-0.3, -0.25) is 0 Å². The Labute approximate surface area is 172 Å². The molecule has 1 aromatic carbocycles. The topological polar surface area (TPSA) is 32.2 Å². The van der Waals surface area contributed by atoms with Gasteiger partial charge in [0.2, 0.25) is 0 Å². The van der Waals surface area contributed by atoms with Crippen LogP contribution in [-0.4, -0.2) is 41.7 Å².